The summed E-state index contributed by atoms with van der Waals surface area (Å²) >= 11 is 6.01. The highest BCUT2D eigenvalue weighted by molar-refractivity contribution is 7.92. The molecule has 0 spiro atoms. The second-order valence-corrected chi connectivity index (χ2v) is 8.97. The van der Waals surface area contributed by atoms with Crippen LogP contribution in [0.4, 0.5) is 10.5 Å². The van der Waals surface area contributed by atoms with Crippen molar-refractivity contribution in [2.24, 2.45) is 0 Å². The molecule has 9 heteroatoms. The maximum Gasteiger partial charge on any atom is 0.319 e. The number of hydrogen-bond acceptors (Lipinski definition) is 5. The molecule has 0 saturated heterocycles. The number of benzene rings is 1. The summed E-state index contributed by atoms with van der Waals surface area (Å²) < 4.78 is 30.2. The Balaban J connectivity index is 2.26. The van der Waals surface area contributed by atoms with Crippen LogP contribution in [-0.2, 0) is 14.6 Å². The quantitative estimate of drug-likeness (QED) is 0.501. The number of amides is 2. The Morgan fingerprint density at radius 2 is 2.15 bits per heavy atom. The van der Waals surface area contributed by atoms with E-state index in [9.17, 15) is 18.3 Å². The second kappa shape index (κ2) is 8.28. The maximum atomic E-state index is 12.7. The van der Waals surface area contributed by atoms with E-state index in [0.29, 0.717) is 0 Å². The minimum atomic E-state index is -3.94. The van der Waals surface area contributed by atoms with Crippen LogP contribution < -0.4 is 10.6 Å². The zero-order chi connectivity index (χ0) is 19.5. The first kappa shape index (κ1) is 20.5. The molecule has 1 aromatic carbocycles. The molecule has 26 heavy (non-hydrogen) atoms. The SMILES string of the molecule is COC[C@@H](C)S(=O)(=O)c1c(Cl)ccc(NC(=O)N[C@@H]2CCC=C2C)c1O. The molecule has 0 heterocycles. The first-order valence-electron chi connectivity index (χ1n) is 8.17. The van der Waals surface area contributed by atoms with Crippen LogP contribution in [0.1, 0.15) is 26.7 Å². The van der Waals surface area contributed by atoms with Crippen LogP contribution in [0.2, 0.25) is 5.02 Å². The highest BCUT2D eigenvalue weighted by Gasteiger charge is 2.31. The van der Waals surface area contributed by atoms with Gasteiger partial charge in [0.2, 0.25) is 0 Å². The summed E-state index contributed by atoms with van der Waals surface area (Å²) in [7, 11) is -2.56. The molecule has 0 fully saturated rings. The summed E-state index contributed by atoms with van der Waals surface area (Å²) in [5, 5.41) is 14.7. The van der Waals surface area contributed by atoms with Crippen molar-refractivity contribution in [1.82, 2.24) is 5.32 Å². The number of urea groups is 1. The lowest BCUT2D eigenvalue weighted by molar-refractivity contribution is 0.200. The van der Waals surface area contributed by atoms with E-state index >= 15 is 0 Å². The third-order valence-corrected chi connectivity index (χ3v) is 6.93. The number of methoxy groups -OCH3 is 1. The lowest BCUT2D eigenvalue weighted by Gasteiger charge is -2.18. The van der Waals surface area contributed by atoms with Crippen LogP contribution in [-0.4, -0.2) is 44.6 Å². The Labute approximate surface area is 158 Å². The maximum absolute atomic E-state index is 12.7. The van der Waals surface area contributed by atoms with Crippen LogP contribution in [0.5, 0.6) is 5.75 Å². The van der Waals surface area contributed by atoms with Crippen molar-refractivity contribution in [2.75, 3.05) is 19.0 Å². The number of carbonyl (C=O) groups excluding carboxylic acids is 1. The van der Waals surface area contributed by atoms with E-state index in [-0.39, 0.29) is 23.4 Å². The molecule has 1 aliphatic rings. The first-order valence-corrected chi connectivity index (χ1v) is 10.1. The number of ether oxygens (including phenoxy) is 1. The number of nitrogens with one attached hydrogen (secondary N) is 2. The molecule has 1 aromatic rings. The van der Waals surface area contributed by atoms with Gasteiger partial charge in [-0.15, -0.1) is 0 Å². The van der Waals surface area contributed by atoms with Gasteiger partial charge in [0.05, 0.1) is 28.6 Å². The lowest BCUT2D eigenvalue weighted by atomic mass is 10.2. The van der Waals surface area contributed by atoms with Crippen molar-refractivity contribution in [3.8, 4) is 5.75 Å². The second-order valence-electron chi connectivity index (χ2n) is 6.26. The van der Waals surface area contributed by atoms with E-state index in [0.717, 1.165) is 18.4 Å². The van der Waals surface area contributed by atoms with E-state index in [1.54, 1.807) is 0 Å². The molecule has 2 amide bonds. The van der Waals surface area contributed by atoms with Gasteiger partial charge in [-0.1, -0.05) is 23.3 Å². The zero-order valence-electron chi connectivity index (χ0n) is 14.9. The third-order valence-electron chi connectivity index (χ3n) is 4.32. The van der Waals surface area contributed by atoms with Gasteiger partial charge < -0.3 is 20.5 Å². The summed E-state index contributed by atoms with van der Waals surface area (Å²) in [5.41, 5.74) is 1.03. The van der Waals surface area contributed by atoms with Gasteiger partial charge in [0.25, 0.3) is 0 Å². The van der Waals surface area contributed by atoms with E-state index in [1.807, 2.05) is 13.0 Å². The predicted octanol–water partition coefficient (Wildman–Crippen LogP) is 3.08. The van der Waals surface area contributed by atoms with Crippen molar-refractivity contribution in [3.63, 3.8) is 0 Å². The number of anilines is 1. The van der Waals surface area contributed by atoms with Crippen LogP contribution in [0.3, 0.4) is 0 Å². The Morgan fingerprint density at radius 3 is 2.73 bits per heavy atom. The third kappa shape index (κ3) is 4.31. The fraction of sp³-hybridized carbons (Fsp3) is 0.471. The van der Waals surface area contributed by atoms with Gasteiger partial charge in [0, 0.05) is 7.11 Å². The number of allylic oxidation sites excluding steroid dienone is 1. The minimum absolute atomic E-state index is 0.0327. The van der Waals surface area contributed by atoms with Gasteiger partial charge in [-0.25, -0.2) is 13.2 Å². The molecule has 2 rings (SSSR count). The van der Waals surface area contributed by atoms with Gasteiger partial charge in [-0.05, 0) is 38.8 Å². The molecule has 0 radical (unpaired) electrons. The molecule has 7 nitrogen and oxygen atoms in total. The van der Waals surface area contributed by atoms with E-state index in [4.69, 9.17) is 16.3 Å². The Kier molecular flexibility index (Phi) is 6.54. The van der Waals surface area contributed by atoms with Crippen molar-refractivity contribution in [1.29, 1.82) is 0 Å². The summed E-state index contributed by atoms with van der Waals surface area (Å²) in [6.07, 6.45) is 3.75. The Morgan fingerprint density at radius 1 is 1.46 bits per heavy atom. The molecular weight excluding hydrogens is 380 g/mol. The summed E-state index contributed by atoms with van der Waals surface area (Å²) in [6, 6.07) is 2.07. The van der Waals surface area contributed by atoms with Gasteiger partial charge in [-0.3, -0.25) is 0 Å². The van der Waals surface area contributed by atoms with Crippen molar-refractivity contribution in [2.45, 2.75) is 42.9 Å². The number of hydrogen-bond donors (Lipinski definition) is 3. The van der Waals surface area contributed by atoms with Crippen LogP contribution in [0.25, 0.3) is 0 Å². The van der Waals surface area contributed by atoms with Crippen molar-refractivity contribution >= 4 is 33.2 Å². The molecule has 0 aliphatic heterocycles. The van der Waals surface area contributed by atoms with Gasteiger partial charge in [0.15, 0.2) is 15.6 Å². The van der Waals surface area contributed by atoms with Crippen LogP contribution >= 0.6 is 11.6 Å². The number of aromatic hydroxyl groups is 1. The zero-order valence-corrected chi connectivity index (χ0v) is 16.4. The van der Waals surface area contributed by atoms with Crippen molar-refractivity contribution < 1.29 is 23.1 Å². The molecule has 1 aliphatic carbocycles. The van der Waals surface area contributed by atoms with Crippen LogP contribution in [0.15, 0.2) is 28.7 Å². The highest BCUT2D eigenvalue weighted by atomic mass is 35.5. The topological polar surface area (TPSA) is 105 Å². The molecule has 0 saturated carbocycles. The van der Waals surface area contributed by atoms with Crippen LogP contribution in [0, 0.1) is 0 Å². The normalized spacial score (nSPS) is 18.3. The number of phenolic OH excluding ortho intramolecular Hbond substituents is 1. The number of carbonyl (C=O) groups is 1. The molecule has 0 unspecified atom stereocenters. The fourth-order valence-electron chi connectivity index (χ4n) is 2.79. The number of rotatable bonds is 6. The fourth-order valence-corrected chi connectivity index (χ4v) is 4.71. The molecule has 0 aromatic heterocycles. The van der Waals surface area contributed by atoms with Gasteiger partial charge in [-0.2, -0.15) is 0 Å². The largest absolute Gasteiger partial charge is 0.504 e. The van der Waals surface area contributed by atoms with Gasteiger partial charge in [0.1, 0.15) is 4.90 Å². The smallest absolute Gasteiger partial charge is 0.319 e. The summed E-state index contributed by atoms with van der Waals surface area (Å²) in [4.78, 5) is 11.8. The number of sulfone groups is 1. The molecule has 2 atom stereocenters. The van der Waals surface area contributed by atoms with E-state index in [1.165, 1.54) is 26.2 Å². The standard InChI is InChI=1S/C17H23ClN2O5S/c1-10-5-4-6-13(10)19-17(22)20-14-8-7-12(18)16(15(14)21)26(23,24)11(2)9-25-3/h5,7-8,11,13,21H,4,6,9H2,1-3H3,(H2,19,20,22)/t11-,13-/m1/s1. The summed E-state index contributed by atoms with van der Waals surface area (Å²) in [5.74, 6) is -0.589. The molecule has 0 bridgehead atoms. The number of phenols is 1. The average molecular weight is 403 g/mol. The average Bonchev–Trinajstić information content (AvgIpc) is 2.95. The molecular formula is C17H23ClN2O5S. The predicted molar refractivity (Wildman–Crippen MR) is 101 cm³/mol. The summed E-state index contributed by atoms with van der Waals surface area (Å²) in [6.45, 7) is 3.33. The van der Waals surface area contributed by atoms with Gasteiger partial charge >= 0.3 is 6.03 Å². The van der Waals surface area contributed by atoms with E-state index in [2.05, 4.69) is 10.6 Å². The first-order chi connectivity index (χ1) is 12.2. The molecule has 3 N–H and O–H groups in total. The Hall–Kier alpha value is -1.77. The van der Waals surface area contributed by atoms with Crippen molar-refractivity contribution in [3.05, 3.63) is 28.8 Å². The minimum Gasteiger partial charge on any atom is -0.504 e. The Bertz CT molecular complexity index is 823. The monoisotopic (exact) mass is 402 g/mol. The number of halogens is 1. The lowest BCUT2D eigenvalue weighted by Crippen LogP contribution is -2.37. The molecule has 144 valence electrons. The highest BCUT2D eigenvalue weighted by Crippen LogP contribution is 2.38. The van der Waals surface area contributed by atoms with E-state index < -0.39 is 31.8 Å².